The van der Waals surface area contributed by atoms with Crippen LogP contribution in [0, 0.1) is 0 Å². The summed E-state index contributed by atoms with van der Waals surface area (Å²) in [5.41, 5.74) is 2.41. The van der Waals surface area contributed by atoms with Crippen molar-refractivity contribution in [3.63, 3.8) is 0 Å². The van der Waals surface area contributed by atoms with E-state index in [9.17, 15) is 0 Å². The summed E-state index contributed by atoms with van der Waals surface area (Å²) in [6.07, 6.45) is 5.17. The van der Waals surface area contributed by atoms with E-state index in [4.69, 9.17) is 10.6 Å². The van der Waals surface area contributed by atoms with E-state index < -0.39 is 0 Å². The molecule has 2 rings (SSSR count). The second kappa shape index (κ2) is 6.78. The highest BCUT2D eigenvalue weighted by Crippen LogP contribution is 2.08. The Balaban J connectivity index is 2.06. The number of nitrogens with two attached hydrogens (primary N) is 1. The third-order valence-corrected chi connectivity index (χ3v) is 2.32. The SMILES string of the molecule is CC(C)OCCNc1nc(NN)nc(-n2ccnc2)n1. The van der Waals surface area contributed by atoms with Crippen molar-refractivity contribution in [1.29, 1.82) is 0 Å². The van der Waals surface area contributed by atoms with Crippen molar-refractivity contribution in [1.82, 2.24) is 24.5 Å². The number of rotatable bonds is 7. The lowest BCUT2D eigenvalue weighted by Gasteiger charge is -2.10. The van der Waals surface area contributed by atoms with E-state index in [-0.39, 0.29) is 12.1 Å². The van der Waals surface area contributed by atoms with Crippen molar-refractivity contribution >= 4 is 11.9 Å². The van der Waals surface area contributed by atoms with Crippen molar-refractivity contribution in [2.75, 3.05) is 23.9 Å². The molecule has 0 spiro atoms. The van der Waals surface area contributed by atoms with Gasteiger partial charge in [-0.15, -0.1) is 0 Å². The van der Waals surface area contributed by atoms with Gasteiger partial charge in [-0.05, 0) is 13.8 Å². The van der Waals surface area contributed by atoms with Crippen molar-refractivity contribution in [3.8, 4) is 5.95 Å². The fourth-order valence-corrected chi connectivity index (χ4v) is 1.46. The zero-order chi connectivity index (χ0) is 14.4. The van der Waals surface area contributed by atoms with Crippen LogP contribution in [0.1, 0.15) is 13.8 Å². The Morgan fingerprint density at radius 1 is 1.30 bits per heavy atom. The second-order valence-electron chi connectivity index (χ2n) is 4.24. The predicted octanol–water partition coefficient (Wildman–Crippen LogP) is 0.180. The van der Waals surface area contributed by atoms with Crippen LogP contribution in [-0.2, 0) is 4.74 Å². The lowest BCUT2D eigenvalue weighted by molar-refractivity contribution is 0.0870. The Hall–Kier alpha value is -2.26. The number of imidazole rings is 1. The molecule has 20 heavy (non-hydrogen) atoms. The fraction of sp³-hybridized carbons (Fsp3) is 0.455. The molecule has 0 aliphatic heterocycles. The molecule has 0 saturated heterocycles. The standard InChI is InChI=1S/C11H18N8O/c1-8(2)20-6-4-14-9-15-10(18-12)17-11(16-9)19-5-3-13-7-19/h3,5,7-8H,4,6,12H2,1-2H3,(H2,14,15,16,17,18). The van der Waals surface area contributed by atoms with Crippen LogP contribution in [0.5, 0.6) is 0 Å². The number of hydrogen-bond donors (Lipinski definition) is 3. The van der Waals surface area contributed by atoms with Crippen LogP contribution in [0.2, 0.25) is 0 Å². The zero-order valence-corrected chi connectivity index (χ0v) is 11.4. The predicted molar refractivity (Wildman–Crippen MR) is 74.3 cm³/mol. The smallest absolute Gasteiger partial charge is 0.243 e. The van der Waals surface area contributed by atoms with Crippen LogP contribution >= 0.6 is 0 Å². The number of hydrogen-bond acceptors (Lipinski definition) is 8. The third kappa shape index (κ3) is 3.87. The highest BCUT2D eigenvalue weighted by Gasteiger charge is 2.07. The van der Waals surface area contributed by atoms with Crippen molar-refractivity contribution in [3.05, 3.63) is 18.7 Å². The fourth-order valence-electron chi connectivity index (χ4n) is 1.46. The van der Waals surface area contributed by atoms with Gasteiger partial charge in [0.25, 0.3) is 0 Å². The Bertz CT molecular complexity index is 527. The molecule has 0 unspecified atom stereocenters. The number of ether oxygens (including phenoxy) is 1. The van der Waals surface area contributed by atoms with Gasteiger partial charge in [-0.2, -0.15) is 15.0 Å². The van der Waals surface area contributed by atoms with Crippen LogP contribution in [0.25, 0.3) is 5.95 Å². The first-order valence-electron chi connectivity index (χ1n) is 6.25. The van der Waals surface area contributed by atoms with Crippen LogP contribution in [0.15, 0.2) is 18.7 Å². The van der Waals surface area contributed by atoms with Gasteiger partial charge in [0.15, 0.2) is 0 Å². The Labute approximate surface area is 116 Å². The van der Waals surface area contributed by atoms with Gasteiger partial charge in [0.05, 0.1) is 12.7 Å². The molecule has 0 aromatic carbocycles. The number of anilines is 2. The monoisotopic (exact) mass is 278 g/mol. The highest BCUT2D eigenvalue weighted by molar-refractivity contribution is 5.37. The van der Waals surface area contributed by atoms with Gasteiger partial charge in [0.1, 0.15) is 6.33 Å². The maximum Gasteiger partial charge on any atom is 0.243 e. The molecule has 2 aromatic rings. The van der Waals surface area contributed by atoms with E-state index >= 15 is 0 Å². The molecule has 9 nitrogen and oxygen atoms in total. The molecule has 0 fully saturated rings. The number of nitrogens with one attached hydrogen (secondary N) is 2. The zero-order valence-electron chi connectivity index (χ0n) is 11.4. The molecule has 2 aromatic heterocycles. The van der Waals surface area contributed by atoms with Gasteiger partial charge in [0.2, 0.25) is 17.8 Å². The molecule has 0 saturated carbocycles. The van der Waals surface area contributed by atoms with E-state index in [1.807, 2.05) is 13.8 Å². The molecular weight excluding hydrogens is 260 g/mol. The number of nitrogens with zero attached hydrogens (tertiary/aromatic N) is 5. The molecule has 0 aliphatic rings. The second-order valence-corrected chi connectivity index (χ2v) is 4.24. The third-order valence-electron chi connectivity index (χ3n) is 2.32. The minimum atomic E-state index is 0.193. The van der Waals surface area contributed by atoms with E-state index in [1.54, 1.807) is 23.3 Å². The lowest BCUT2D eigenvalue weighted by atomic mass is 10.5. The Morgan fingerprint density at radius 2 is 2.10 bits per heavy atom. The molecular formula is C11H18N8O. The van der Waals surface area contributed by atoms with Gasteiger partial charge in [-0.25, -0.2) is 10.8 Å². The highest BCUT2D eigenvalue weighted by atomic mass is 16.5. The van der Waals surface area contributed by atoms with Crippen molar-refractivity contribution < 1.29 is 4.74 Å². The van der Waals surface area contributed by atoms with E-state index in [1.165, 1.54) is 0 Å². The van der Waals surface area contributed by atoms with Crippen LogP contribution < -0.4 is 16.6 Å². The number of hydrazine groups is 1. The molecule has 0 aliphatic carbocycles. The quantitative estimate of drug-likeness (QED) is 0.373. The van der Waals surface area contributed by atoms with Crippen LogP contribution in [-0.4, -0.2) is 43.8 Å². The summed E-state index contributed by atoms with van der Waals surface area (Å²) in [6, 6.07) is 0. The average molecular weight is 278 g/mol. The molecule has 0 bridgehead atoms. The normalized spacial score (nSPS) is 10.8. The largest absolute Gasteiger partial charge is 0.377 e. The summed E-state index contributed by atoms with van der Waals surface area (Å²) in [4.78, 5) is 16.5. The van der Waals surface area contributed by atoms with Gasteiger partial charge >= 0.3 is 0 Å². The minimum Gasteiger partial charge on any atom is -0.377 e. The summed E-state index contributed by atoms with van der Waals surface area (Å²) in [6.45, 7) is 5.12. The summed E-state index contributed by atoms with van der Waals surface area (Å²) in [5, 5.41) is 3.06. The van der Waals surface area contributed by atoms with Crippen molar-refractivity contribution in [2.24, 2.45) is 5.84 Å². The van der Waals surface area contributed by atoms with Crippen LogP contribution in [0.3, 0.4) is 0 Å². The molecule has 2 heterocycles. The molecule has 4 N–H and O–H groups in total. The number of aromatic nitrogens is 5. The molecule has 108 valence electrons. The minimum absolute atomic E-state index is 0.193. The average Bonchev–Trinajstić information content (AvgIpc) is 2.97. The Kier molecular flexibility index (Phi) is 4.80. The first-order chi connectivity index (χ1) is 9.69. The molecule has 0 atom stereocenters. The van der Waals surface area contributed by atoms with E-state index in [2.05, 4.69) is 30.7 Å². The lowest BCUT2D eigenvalue weighted by Crippen LogP contribution is -2.18. The number of nitrogen functional groups attached to an aromatic ring is 1. The van der Waals surface area contributed by atoms with Crippen molar-refractivity contribution in [2.45, 2.75) is 20.0 Å². The summed E-state index contributed by atoms with van der Waals surface area (Å²) >= 11 is 0. The van der Waals surface area contributed by atoms with Gasteiger partial charge < -0.3 is 10.1 Å². The van der Waals surface area contributed by atoms with Gasteiger partial charge in [0, 0.05) is 18.9 Å². The summed E-state index contributed by atoms with van der Waals surface area (Å²) in [5.74, 6) is 6.48. The summed E-state index contributed by atoms with van der Waals surface area (Å²) < 4.78 is 7.10. The van der Waals surface area contributed by atoms with Gasteiger partial charge in [-0.3, -0.25) is 9.99 Å². The maximum absolute atomic E-state index is 5.43. The van der Waals surface area contributed by atoms with Crippen LogP contribution in [0.4, 0.5) is 11.9 Å². The van der Waals surface area contributed by atoms with E-state index in [0.717, 1.165) is 0 Å². The maximum atomic E-state index is 5.43. The first-order valence-corrected chi connectivity index (χ1v) is 6.25. The molecule has 9 heteroatoms. The Morgan fingerprint density at radius 3 is 2.75 bits per heavy atom. The topological polar surface area (TPSA) is 116 Å². The summed E-state index contributed by atoms with van der Waals surface area (Å²) in [7, 11) is 0. The van der Waals surface area contributed by atoms with Gasteiger partial charge in [-0.1, -0.05) is 0 Å². The molecule has 0 radical (unpaired) electrons. The first kappa shape index (κ1) is 14.2. The molecule has 0 amide bonds. The van der Waals surface area contributed by atoms with E-state index in [0.29, 0.717) is 25.0 Å².